The van der Waals surface area contributed by atoms with Gasteiger partial charge in [-0.15, -0.1) is 0 Å². The first-order chi connectivity index (χ1) is 14.3. The van der Waals surface area contributed by atoms with Gasteiger partial charge in [-0.25, -0.2) is 13.6 Å². The number of carbonyl (C=O) groups is 2. The summed E-state index contributed by atoms with van der Waals surface area (Å²) in [6.07, 6.45) is -1.20. The lowest BCUT2D eigenvalue weighted by Gasteiger charge is -2.14. The van der Waals surface area contributed by atoms with Gasteiger partial charge in [-0.3, -0.25) is 4.79 Å². The van der Waals surface area contributed by atoms with Gasteiger partial charge in [0.1, 0.15) is 11.6 Å². The number of nitrogens with one attached hydrogen (secondary N) is 1. The maximum absolute atomic E-state index is 13.7. The van der Waals surface area contributed by atoms with Gasteiger partial charge in [-0.05, 0) is 44.5 Å². The van der Waals surface area contributed by atoms with Crippen LogP contribution in [-0.4, -0.2) is 22.5 Å². The second-order valence-corrected chi connectivity index (χ2v) is 7.02. The first-order valence-electron chi connectivity index (χ1n) is 9.44. The SMILES string of the molecule is Cc1cc(C(=O)O[C@H](C)C(=O)Nc2cc(F)ccc2F)c(C)n1Cc1ccccc1. The van der Waals surface area contributed by atoms with Gasteiger partial charge in [0, 0.05) is 24.0 Å². The summed E-state index contributed by atoms with van der Waals surface area (Å²) in [5.41, 5.74) is 2.71. The highest BCUT2D eigenvalue weighted by atomic mass is 19.1. The van der Waals surface area contributed by atoms with E-state index < -0.39 is 29.6 Å². The highest BCUT2D eigenvalue weighted by Gasteiger charge is 2.23. The van der Waals surface area contributed by atoms with Gasteiger partial charge in [0.15, 0.2) is 6.10 Å². The zero-order valence-corrected chi connectivity index (χ0v) is 16.9. The van der Waals surface area contributed by atoms with Crippen LogP contribution in [0.3, 0.4) is 0 Å². The van der Waals surface area contributed by atoms with Crippen molar-refractivity contribution in [2.45, 2.75) is 33.4 Å². The number of benzene rings is 2. The Hall–Kier alpha value is -3.48. The number of nitrogens with zero attached hydrogens (tertiary/aromatic N) is 1. The number of aromatic nitrogens is 1. The van der Waals surface area contributed by atoms with Crippen LogP contribution in [0.2, 0.25) is 0 Å². The molecule has 3 rings (SSSR count). The van der Waals surface area contributed by atoms with Crippen LogP contribution in [0.5, 0.6) is 0 Å². The van der Waals surface area contributed by atoms with E-state index >= 15 is 0 Å². The minimum atomic E-state index is -1.20. The molecule has 1 atom stereocenters. The Morgan fingerprint density at radius 2 is 1.77 bits per heavy atom. The van der Waals surface area contributed by atoms with Crippen molar-refractivity contribution in [1.82, 2.24) is 4.57 Å². The Morgan fingerprint density at radius 1 is 1.07 bits per heavy atom. The van der Waals surface area contributed by atoms with Crippen LogP contribution in [0.4, 0.5) is 14.5 Å². The van der Waals surface area contributed by atoms with E-state index in [1.807, 2.05) is 41.8 Å². The molecule has 0 aliphatic carbocycles. The van der Waals surface area contributed by atoms with Gasteiger partial charge >= 0.3 is 5.97 Å². The normalized spacial score (nSPS) is 11.8. The topological polar surface area (TPSA) is 60.3 Å². The average Bonchev–Trinajstić information content (AvgIpc) is 2.99. The molecule has 1 heterocycles. The number of ether oxygens (including phenoxy) is 1. The molecule has 1 N–H and O–H groups in total. The molecule has 0 bridgehead atoms. The molecular formula is C23H22F2N2O3. The van der Waals surface area contributed by atoms with Crippen molar-refractivity contribution in [3.05, 3.63) is 88.7 Å². The smallest absolute Gasteiger partial charge is 0.340 e. The van der Waals surface area contributed by atoms with E-state index in [4.69, 9.17) is 4.74 Å². The molecule has 0 spiro atoms. The van der Waals surface area contributed by atoms with E-state index in [0.29, 0.717) is 17.8 Å². The summed E-state index contributed by atoms with van der Waals surface area (Å²) in [6, 6.07) is 14.2. The third-order valence-corrected chi connectivity index (χ3v) is 4.82. The molecule has 30 heavy (non-hydrogen) atoms. The van der Waals surface area contributed by atoms with E-state index in [0.717, 1.165) is 29.5 Å². The van der Waals surface area contributed by atoms with Crippen LogP contribution in [0.1, 0.15) is 34.2 Å². The zero-order valence-electron chi connectivity index (χ0n) is 16.9. The lowest BCUT2D eigenvalue weighted by molar-refractivity contribution is -0.123. The third-order valence-electron chi connectivity index (χ3n) is 4.82. The van der Waals surface area contributed by atoms with Crippen LogP contribution in [0.15, 0.2) is 54.6 Å². The van der Waals surface area contributed by atoms with E-state index in [1.54, 1.807) is 13.0 Å². The molecule has 7 heteroatoms. The first-order valence-corrected chi connectivity index (χ1v) is 9.44. The van der Waals surface area contributed by atoms with Gasteiger partial charge in [-0.1, -0.05) is 30.3 Å². The Balaban J connectivity index is 1.70. The minimum absolute atomic E-state index is 0.316. The summed E-state index contributed by atoms with van der Waals surface area (Å²) in [4.78, 5) is 24.9. The van der Waals surface area contributed by atoms with Crippen LogP contribution in [0.25, 0.3) is 0 Å². The fraction of sp³-hybridized carbons (Fsp3) is 0.217. The van der Waals surface area contributed by atoms with Crippen molar-refractivity contribution >= 4 is 17.6 Å². The summed E-state index contributed by atoms with van der Waals surface area (Å²) in [5.74, 6) is -2.90. The Morgan fingerprint density at radius 3 is 2.47 bits per heavy atom. The number of hydrogen-bond donors (Lipinski definition) is 1. The molecule has 156 valence electrons. The monoisotopic (exact) mass is 412 g/mol. The molecule has 1 amide bonds. The highest BCUT2D eigenvalue weighted by molar-refractivity contribution is 5.97. The number of esters is 1. The predicted octanol–water partition coefficient (Wildman–Crippen LogP) is 4.62. The van der Waals surface area contributed by atoms with E-state index in [1.165, 1.54) is 6.92 Å². The van der Waals surface area contributed by atoms with Crippen LogP contribution in [0, 0.1) is 25.5 Å². The number of aryl methyl sites for hydroxylation is 1. The van der Waals surface area contributed by atoms with Gasteiger partial charge in [-0.2, -0.15) is 0 Å². The summed E-state index contributed by atoms with van der Waals surface area (Å²) in [7, 11) is 0. The van der Waals surface area contributed by atoms with Crippen molar-refractivity contribution in [3.8, 4) is 0 Å². The number of anilines is 1. The minimum Gasteiger partial charge on any atom is -0.449 e. The largest absolute Gasteiger partial charge is 0.449 e. The van der Waals surface area contributed by atoms with Crippen LogP contribution < -0.4 is 5.32 Å². The fourth-order valence-electron chi connectivity index (χ4n) is 3.12. The van der Waals surface area contributed by atoms with Crippen molar-refractivity contribution in [3.63, 3.8) is 0 Å². The Bertz CT molecular complexity index is 1080. The highest BCUT2D eigenvalue weighted by Crippen LogP contribution is 2.20. The lowest BCUT2D eigenvalue weighted by Crippen LogP contribution is -2.30. The number of carbonyl (C=O) groups excluding carboxylic acids is 2. The molecule has 5 nitrogen and oxygen atoms in total. The fourth-order valence-corrected chi connectivity index (χ4v) is 3.12. The molecule has 0 saturated carbocycles. The number of amides is 1. The molecule has 0 saturated heterocycles. The van der Waals surface area contributed by atoms with E-state index in [-0.39, 0.29) is 5.69 Å². The lowest BCUT2D eigenvalue weighted by atomic mass is 10.2. The first kappa shape index (κ1) is 21.2. The molecular weight excluding hydrogens is 390 g/mol. The molecule has 2 aromatic carbocycles. The summed E-state index contributed by atoms with van der Waals surface area (Å²) >= 11 is 0. The molecule has 0 fully saturated rings. The van der Waals surface area contributed by atoms with Crippen molar-refractivity contribution in [2.75, 3.05) is 5.32 Å². The van der Waals surface area contributed by atoms with E-state index in [9.17, 15) is 18.4 Å². The third kappa shape index (κ3) is 4.74. The second kappa shape index (κ2) is 8.90. The quantitative estimate of drug-likeness (QED) is 0.601. The zero-order chi connectivity index (χ0) is 21.8. The molecule has 0 unspecified atom stereocenters. The standard InChI is InChI=1S/C23H22F2N2O3/c1-14-11-19(15(2)27(14)13-17-7-5-4-6-8-17)23(29)30-16(3)22(28)26-21-12-18(24)9-10-20(21)25/h4-12,16H,13H2,1-3H3,(H,26,28)/t16-/m1/s1. The van der Waals surface area contributed by atoms with Gasteiger partial charge < -0.3 is 14.6 Å². The van der Waals surface area contributed by atoms with Crippen LogP contribution in [-0.2, 0) is 16.1 Å². The summed E-state index contributed by atoms with van der Waals surface area (Å²) in [5, 5.41) is 2.24. The predicted molar refractivity (Wildman–Crippen MR) is 109 cm³/mol. The average molecular weight is 412 g/mol. The summed E-state index contributed by atoms with van der Waals surface area (Å²) in [6.45, 7) is 5.66. The molecule has 0 radical (unpaired) electrons. The molecule has 0 aliphatic rings. The second-order valence-electron chi connectivity index (χ2n) is 7.02. The van der Waals surface area contributed by atoms with Crippen LogP contribution >= 0.6 is 0 Å². The molecule has 3 aromatic rings. The van der Waals surface area contributed by atoms with Crippen molar-refractivity contribution in [2.24, 2.45) is 0 Å². The number of halogens is 2. The molecule has 0 aliphatic heterocycles. The Labute approximate surface area is 173 Å². The van der Waals surface area contributed by atoms with Gasteiger partial charge in [0.2, 0.25) is 0 Å². The number of rotatable bonds is 6. The van der Waals surface area contributed by atoms with Crippen molar-refractivity contribution < 1.29 is 23.1 Å². The number of hydrogen-bond acceptors (Lipinski definition) is 3. The molecule has 1 aromatic heterocycles. The van der Waals surface area contributed by atoms with Gasteiger partial charge in [0.05, 0.1) is 11.3 Å². The Kier molecular flexibility index (Phi) is 6.30. The summed E-state index contributed by atoms with van der Waals surface area (Å²) < 4.78 is 34.2. The maximum Gasteiger partial charge on any atom is 0.340 e. The van der Waals surface area contributed by atoms with Gasteiger partial charge in [0.25, 0.3) is 5.91 Å². The maximum atomic E-state index is 13.7. The van der Waals surface area contributed by atoms with E-state index in [2.05, 4.69) is 5.32 Å². The van der Waals surface area contributed by atoms with Crippen molar-refractivity contribution in [1.29, 1.82) is 0 Å².